The van der Waals surface area contributed by atoms with Crippen molar-refractivity contribution in [1.29, 1.82) is 0 Å². The number of carboxylic acids is 1. The molecule has 0 bridgehead atoms. The zero-order valence-electron chi connectivity index (χ0n) is 18.2. The Morgan fingerprint density at radius 3 is 2.32 bits per heavy atom. The lowest BCUT2D eigenvalue weighted by Gasteiger charge is -2.35. The molecule has 0 radical (unpaired) electrons. The summed E-state index contributed by atoms with van der Waals surface area (Å²) in [7, 11) is 0. The monoisotopic (exact) mass is 419 g/mol. The van der Waals surface area contributed by atoms with Crippen molar-refractivity contribution in [2.24, 2.45) is 11.8 Å². The zero-order chi connectivity index (χ0) is 22.0. The number of hydrogen-bond acceptors (Lipinski definition) is 5. The Balaban J connectivity index is 1.38. The van der Waals surface area contributed by atoms with Crippen LogP contribution in [0.4, 0.5) is 0 Å². The first-order chi connectivity index (χ1) is 14.9. The molecule has 6 nitrogen and oxygen atoms in total. The molecule has 6 heteroatoms. The predicted molar refractivity (Wildman–Crippen MR) is 119 cm³/mol. The van der Waals surface area contributed by atoms with Gasteiger partial charge in [0.15, 0.2) is 0 Å². The van der Waals surface area contributed by atoms with Gasteiger partial charge in [0, 0.05) is 23.2 Å². The van der Waals surface area contributed by atoms with Crippen LogP contribution in [0.1, 0.15) is 50.8 Å². The molecule has 4 rings (SSSR count). The molecule has 2 aromatic carbocycles. The quantitative estimate of drug-likeness (QED) is 0.527. The summed E-state index contributed by atoms with van der Waals surface area (Å²) in [5, 5.41) is 16.7. The fourth-order valence-corrected chi connectivity index (χ4v) is 4.04. The normalized spacial score (nSPS) is 19.2. The molecule has 1 aromatic heterocycles. The lowest BCUT2D eigenvalue weighted by atomic mass is 9.80. The highest BCUT2D eigenvalue weighted by atomic mass is 16.5. The zero-order valence-corrected chi connectivity index (χ0v) is 18.2. The van der Waals surface area contributed by atoms with Crippen LogP contribution in [0.15, 0.2) is 53.1 Å². The van der Waals surface area contributed by atoms with Crippen molar-refractivity contribution in [3.05, 3.63) is 59.7 Å². The van der Waals surface area contributed by atoms with Crippen molar-refractivity contribution in [3.8, 4) is 22.8 Å². The molecule has 1 saturated carbocycles. The molecule has 162 valence electrons. The van der Waals surface area contributed by atoms with Gasteiger partial charge in [-0.3, -0.25) is 4.79 Å². The molecule has 2 N–H and O–H groups in total. The van der Waals surface area contributed by atoms with Gasteiger partial charge in [0.1, 0.15) is 0 Å². The summed E-state index contributed by atoms with van der Waals surface area (Å²) in [6.07, 6.45) is 2.44. The topological polar surface area (TPSA) is 88.2 Å². The van der Waals surface area contributed by atoms with Gasteiger partial charge in [-0.25, -0.2) is 0 Å². The fourth-order valence-electron chi connectivity index (χ4n) is 4.04. The second-order valence-electron chi connectivity index (χ2n) is 8.93. The number of aromatic nitrogens is 2. The lowest BCUT2D eigenvalue weighted by molar-refractivity contribution is -0.145. The second kappa shape index (κ2) is 9.02. The summed E-state index contributed by atoms with van der Waals surface area (Å²) in [5.74, 6) is 0.809. The van der Waals surface area contributed by atoms with Gasteiger partial charge >= 0.3 is 5.97 Å². The van der Waals surface area contributed by atoms with E-state index >= 15 is 0 Å². The standard InChI is InChI=1S/C25H29N3O3/c1-15(2)12-17-4-6-20(7-5-17)24-27-23(28-31-24)19-10-8-18(9-11-19)16(3)26-22-13-21(14-22)25(29)30/h4-11,15-16,21-22,26H,12-14H2,1-3H3,(H,29,30)/t16-,21?,22?/m0/s1. The molecule has 1 aliphatic rings. The van der Waals surface area contributed by atoms with E-state index in [1.165, 1.54) is 5.56 Å². The molecule has 3 aromatic rings. The second-order valence-corrected chi connectivity index (χ2v) is 8.93. The predicted octanol–water partition coefficient (Wildman–Crippen LogP) is 5.12. The van der Waals surface area contributed by atoms with Crippen LogP contribution in [-0.2, 0) is 11.2 Å². The molecular formula is C25H29N3O3. The first kappa shape index (κ1) is 21.2. The number of rotatable bonds is 8. The smallest absolute Gasteiger partial charge is 0.306 e. The van der Waals surface area contributed by atoms with Crippen LogP contribution in [0.2, 0.25) is 0 Å². The van der Waals surface area contributed by atoms with Gasteiger partial charge in [-0.1, -0.05) is 55.4 Å². The van der Waals surface area contributed by atoms with Gasteiger partial charge in [0.25, 0.3) is 5.89 Å². The number of carboxylic acid groups (broad SMARTS) is 1. The Labute approximate surface area is 182 Å². The molecule has 1 aliphatic carbocycles. The van der Waals surface area contributed by atoms with Gasteiger partial charge in [0.05, 0.1) is 5.92 Å². The van der Waals surface area contributed by atoms with Crippen molar-refractivity contribution >= 4 is 5.97 Å². The summed E-state index contributed by atoms with van der Waals surface area (Å²) >= 11 is 0. The van der Waals surface area contributed by atoms with Gasteiger partial charge in [0.2, 0.25) is 5.82 Å². The molecule has 0 saturated heterocycles. The molecular weight excluding hydrogens is 390 g/mol. The summed E-state index contributed by atoms with van der Waals surface area (Å²) in [4.78, 5) is 15.5. The number of nitrogens with one attached hydrogen (secondary N) is 1. The van der Waals surface area contributed by atoms with Crippen LogP contribution < -0.4 is 5.32 Å². The van der Waals surface area contributed by atoms with Gasteiger partial charge < -0.3 is 14.9 Å². The molecule has 0 spiro atoms. The number of nitrogens with zero attached hydrogens (tertiary/aromatic N) is 2. The fraction of sp³-hybridized carbons (Fsp3) is 0.400. The molecule has 0 aliphatic heterocycles. The first-order valence-electron chi connectivity index (χ1n) is 10.9. The van der Waals surface area contributed by atoms with Gasteiger partial charge in [-0.2, -0.15) is 4.98 Å². The highest BCUT2D eigenvalue weighted by molar-refractivity contribution is 5.71. The Morgan fingerprint density at radius 1 is 1.06 bits per heavy atom. The minimum Gasteiger partial charge on any atom is -0.481 e. The number of hydrogen-bond donors (Lipinski definition) is 2. The van der Waals surface area contributed by atoms with Crippen molar-refractivity contribution in [3.63, 3.8) is 0 Å². The van der Waals surface area contributed by atoms with Gasteiger partial charge in [-0.15, -0.1) is 0 Å². The highest BCUT2D eigenvalue weighted by Gasteiger charge is 2.34. The van der Waals surface area contributed by atoms with E-state index in [1.807, 2.05) is 24.3 Å². The highest BCUT2D eigenvalue weighted by Crippen LogP contribution is 2.30. The average molecular weight is 420 g/mol. The summed E-state index contributed by atoms with van der Waals surface area (Å²) in [6, 6.07) is 16.8. The van der Waals surface area contributed by atoms with Crippen molar-refractivity contribution in [1.82, 2.24) is 15.5 Å². The van der Waals surface area contributed by atoms with Crippen LogP contribution in [0.25, 0.3) is 22.8 Å². The van der Waals surface area contributed by atoms with E-state index in [4.69, 9.17) is 9.63 Å². The number of benzene rings is 2. The Kier molecular flexibility index (Phi) is 6.18. The van der Waals surface area contributed by atoms with E-state index in [1.54, 1.807) is 0 Å². The van der Waals surface area contributed by atoms with E-state index in [-0.39, 0.29) is 18.0 Å². The van der Waals surface area contributed by atoms with E-state index in [2.05, 4.69) is 60.5 Å². The van der Waals surface area contributed by atoms with Crippen LogP contribution >= 0.6 is 0 Å². The number of carbonyl (C=O) groups is 1. The van der Waals surface area contributed by atoms with Crippen LogP contribution in [0.5, 0.6) is 0 Å². The molecule has 1 fully saturated rings. The van der Waals surface area contributed by atoms with Crippen molar-refractivity contribution < 1.29 is 14.4 Å². The molecule has 0 unspecified atom stereocenters. The Morgan fingerprint density at radius 2 is 1.71 bits per heavy atom. The van der Waals surface area contributed by atoms with Crippen molar-refractivity contribution in [2.75, 3.05) is 0 Å². The van der Waals surface area contributed by atoms with Crippen molar-refractivity contribution in [2.45, 2.75) is 52.1 Å². The maximum absolute atomic E-state index is 11.0. The van der Waals surface area contributed by atoms with E-state index in [0.29, 0.717) is 30.5 Å². The largest absolute Gasteiger partial charge is 0.481 e. The lowest BCUT2D eigenvalue weighted by Crippen LogP contribution is -2.45. The molecule has 1 atom stereocenters. The van der Waals surface area contributed by atoms with Crippen LogP contribution in [-0.4, -0.2) is 27.3 Å². The van der Waals surface area contributed by atoms with E-state index in [9.17, 15) is 4.79 Å². The van der Waals surface area contributed by atoms with E-state index in [0.717, 1.165) is 23.1 Å². The average Bonchev–Trinajstić information content (AvgIpc) is 3.20. The third kappa shape index (κ3) is 5.02. The summed E-state index contributed by atoms with van der Waals surface area (Å²) in [6.45, 7) is 6.52. The summed E-state index contributed by atoms with van der Waals surface area (Å²) < 4.78 is 5.49. The maximum Gasteiger partial charge on any atom is 0.306 e. The van der Waals surface area contributed by atoms with Crippen LogP contribution in [0.3, 0.4) is 0 Å². The maximum atomic E-state index is 11.0. The van der Waals surface area contributed by atoms with Crippen LogP contribution in [0, 0.1) is 11.8 Å². The van der Waals surface area contributed by atoms with Gasteiger partial charge in [-0.05, 0) is 55.4 Å². The first-order valence-corrected chi connectivity index (χ1v) is 10.9. The molecule has 31 heavy (non-hydrogen) atoms. The number of aliphatic carboxylic acids is 1. The minimum atomic E-state index is -0.693. The Hall–Kier alpha value is -2.99. The third-order valence-electron chi connectivity index (χ3n) is 5.91. The summed E-state index contributed by atoms with van der Waals surface area (Å²) in [5.41, 5.74) is 4.27. The molecule has 0 amide bonds. The van der Waals surface area contributed by atoms with E-state index < -0.39 is 5.97 Å². The minimum absolute atomic E-state index is 0.152. The Bertz CT molecular complexity index is 1020. The third-order valence-corrected chi connectivity index (χ3v) is 5.91. The molecule has 1 heterocycles. The SMILES string of the molecule is CC(C)Cc1ccc(-c2nc(-c3ccc([C@H](C)NC4CC(C(=O)O)C4)cc3)no2)cc1.